The molecule has 1 amide bonds. The van der Waals surface area contributed by atoms with Gasteiger partial charge >= 0.3 is 12.6 Å². The molecule has 0 bridgehead atoms. The molecule has 3 aromatic rings. The maximum absolute atomic E-state index is 13.8. The molecule has 0 spiro atoms. The fourth-order valence-corrected chi connectivity index (χ4v) is 8.51. The summed E-state index contributed by atoms with van der Waals surface area (Å²) in [6.07, 6.45) is 3.52. The van der Waals surface area contributed by atoms with E-state index in [0.717, 1.165) is 17.1 Å². The third kappa shape index (κ3) is 8.47. The number of amides is 1. The van der Waals surface area contributed by atoms with Gasteiger partial charge in [-0.2, -0.15) is 13.1 Å². The number of sulfonamides is 1. The lowest BCUT2D eigenvalue weighted by Gasteiger charge is -2.26. The molecule has 47 heavy (non-hydrogen) atoms. The van der Waals surface area contributed by atoms with Gasteiger partial charge in [0.1, 0.15) is 12.1 Å². The van der Waals surface area contributed by atoms with Crippen LogP contribution in [0.3, 0.4) is 0 Å². The molecular formula is C31H31Cl2F2N3O7S2. The summed E-state index contributed by atoms with van der Waals surface area (Å²) in [4.78, 5) is 31.5. The van der Waals surface area contributed by atoms with Gasteiger partial charge in [0.05, 0.1) is 27.4 Å². The summed E-state index contributed by atoms with van der Waals surface area (Å²) in [7, 11) is -1.13. The summed E-state index contributed by atoms with van der Waals surface area (Å²) in [5.41, 5.74) is 0.930. The van der Waals surface area contributed by atoms with E-state index < -0.39 is 34.7 Å². The van der Waals surface area contributed by atoms with E-state index in [2.05, 4.69) is 9.72 Å². The molecule has 1 aliphatic carbocycles. The highest BCUT2D eigenvalue weighted by Crippen LogP contribution is 2.39. The van der Waals surface area contributed by atoms with Gasteiger partial charge in [-0.1, -0.05) is 35.3 Å². The summed E-state index contributed by atoms with van der Waals surface area (Å²) in [6.45, 7) is -2.80. The first-order chi connectivity index (χ1) is 22.3. The van der Waals surface area contributed by atoms with Crippen LogP contribution < -0.4 is 9.47 Å². The number of hydrogen-bond acceptors (Lipinski definition) is 9. The number of thioether (sulfide) groups is 1. The fraction of sp³-hybridized carbons (Fsp3) is 0.387. The zero-order valence-corrected chi connectivity index (χ0v) is 28.4. The van der Waals surface area contributed by atoms with Crippen molar-refractivity contribution in [2.75, 3.05) is 32.3 Å². The number of ether oxygens (including phenoxy) is 3. The summed E-state index contributed by atoms with van der Waals surface area (Å²) in [5, 5.41) is 0.406. The summed E-state index contributed by atoms with van der Waals surface area (Å²) in [6, 6.07) is 8.58. The number of esters is 1. The third-order valence-corrected chi connectivity index (χ3v) is 11.2. The number of carbonyl (C=O) groups is 2. The third-order valence-electron chi connectivity index (χ3n) is 7.54. The van der Waals surface area contributed by atoms with Gasteiger partial charge in [-0.15, -0.1) is 11.8 Å². The molecule has 1 saturated carbocycles. The van der Waals surface area contributed by atoms with Gasteiger partial charge in [-0.25, -0.2) is 8.42 Å². The van der Waals surface area contributed by atoms with Crippen LogP contribution in [0.25, 0.3) is 0 Å². The Morgan fingerprint density at radius 2 is 1.81 bits per heavy atom. The minimum Gasteiger partial charge on any atom is -0.489 e. The average molecular weight is 731 g/mol. The van der Waals surface area contributed by atoms with Crippen LogP contribution in [-0.4, -0.2) is 79.5 Å². The van der Waals surface area contributed by atoms with Crippen LogP contribution in [0.4, 0.5) is 8.78 Å². The van der Waals surface area contributed by atoms with E-state index in [1.807, 2.05) is 0 Å². The Morgan fingerprint density at radius 3 is 2.47 bits per heavy atom. The molecule has 0 radical (unpaired) electrons. The lowest BCUT2D eigenvalue weighted by atomic mass is 10.0. The highest BCUT2D eigenvalue weighted by molar-refractivity contribution is 8.00. The van der Waals surface area contributed by atoms with Gasteiger partial charge in [0.25, 0.3) is 5.91 Å². The molecule has 1 unspecified atom stereocenters. The van der Waals surface area contributed by atoms with Gasteiger partial charge in [0, 0.05) is 44.2 Å². The molecule has 1 aliphatic heterocycles. The monoisotopic (exact) mass is 729 g/mol. The number of aromatic nitrogens is 1. The second-order valence-electron chi connectivity index (χ2n) is 11.2. The molecule has 2 aliphatic rings. The maximum atomic E-state index is 13.8. The predicted molar refractivity (Wildman–Crippen MR) is 173 cm³/mol. The molecule has 0 N–H and O–H groups in total. The van der Waals surface area contributed by atoms with Crippen molar-refractivity contribution in [1.82, 2.24) is 14.2 Å². The number of hydrogen-bond donors (Lipinski definition) is 0. The fourth-order valence-electron chi connectivity index (χ4n) is 4.82. The summed E-state index contributed by atoms with van der Waals surface area (Å²) in [5.74, 6) is -0.997. The SMILES string of the molecule is CN(C)C(=O)c1cccc(S(=O)(=O)N2CSC[C@H]2C(=O)OC(Cc2c(Cl)cncc2Cl)c2ccc(OC(F)F)c(OCC3CC3)c2)c1. The smallest absolute Gasteiger partial charge is 0.387 e. The second-order valence-corrected chi connectivity index (χ2v) is 14.9. The Bertz CT molecular complexity index is 1730. The number of halogens is 4. The number of rotatable bonds is 13. The number of benzene rings is 2. The van der Waals surface area contributed by atoms with E-state index >= 15 is 0 Å². The number of pyridine rings is 1. The minimum atomic E-state index is -4.24. The molecule has 2 fully saturated rings. The second kappa shape index (κ2) is 14.9. The molecule has 252 valence electrons. The highest BCUT2D eigenvalue weighted by atomic mass is 35.5. The Hall–Kier alpha value is -3.17. The molecule has 2 heterocycles. The number of alkyl halides is 2. The Labute approximate surface area is 285 Å². The Morgan fingerprint density at radius 1 is 1.09 bits per heavy atom. The molecular weight excluding hydrogens is 699 g/mol. The van der Waals surface area contributed by atoms with Crippen LogP contribution in [0.5, 0.6) is 11.5 Å². The van der Waals surface area contributed by atoms with E-state index in [0.29, 0.717) is 23.7 Å². The molecule has 16 heteroatoms. The van der Waals surface area contributed by atoms with Crippen LogP contribution in [0, 0.1) is 5.92 Å². The van der Waals surface area contributed by atoms with Crippen LogP contribution in [-0.2, 0) is 26.0 Å². The largest absolute Gasteiger partial charge is 0.489 e. The topological polar surface area (TPSA) is 115 Å². The van der Waals surface area contributed by atoms with Crippen LogP contribution in [0.1, 0.15) is 40.4 Å². The number of nitrogens with zero attached hydrogens (tertiary/aromatic N) is 3. The van der Waals surface area contributed by atoms with Crippen LogP contribution in [0.2, 0.25) is 10.0 Å². The van der Waals surface area contributed by atoms with Crippen molar-refractivity contribution >= 4 is 56.9 Å². The standard InChI is InChI=1S/C31H31Cl2F2N3O7S2/c1-37(2)29(39)20-4-3-5-21(10-20)47(41,42)38-17-46-16-25(38)30(40)44-27(12-22-23(32)13-36-14-24(22)33)19-8-9-26(45-31(34)35)28(11-19)43-15-18-6-7-18/h3-5,8-11,13-14,18,25,27,31H,6-7,12,15-17H2,1-2H3/t25-,27?/m0/s1. The first kappa shape index (κ1) is 35.1. The first-order valence-corrected chi connectivity index (χ1v) is 17.8. The minimum absolute atomic E-state index is 0.0283. The molecule has 2 atom stereocenters. The average Bonchev–Trinajstić information content (AvgIpc) is 3.72. The number of carbonyl (C=O) groups excluding carboxylic acids is 2. The van der Waals surface area contributed by atoms with Gasteiger partial charge in [-0.05, 0) is 60.2 Å². The van der Waals surface area contributed by atoms with Crippen molar-refractivity contribution < 1.29 is 41.0 Å². The van der Waals surface area contributed by atoms with E-state index in [1.165, 1.54) is 71.5 Å². The maximum Gasteiger partial charge on any atom is 0.387 e. The van der Waals surface area contributed by atoms with E-state index in [1.54, 1.807) is 14.1 Å². The van der Waals surface area contributed by atoms with E-state index in [9.17, 15) is 26.8 Å². The molecule has 2 aromatic carbocycles. The zero-order valence-electron chi connectivity index (χ0n) is 25.3. The van der Waals surface area contributed by atoms with Crippen molar-refractivity contribution in [1.29, 1.82) is 0 Å². The van der Waals surface area contributed by atoms with Crippen molar-refractivity contribution in [3.63, 3.8) is 0 Å². The molecule has 10 nitrogen and oxygen atoms in total. The predicted octanol–water partition coefficient (Wildman–Crippen LogP) is 6.07. The summed E-state index contributed by atoms with van der Waals surface area (Å²) >= 11 is 14.0. The molecule has 5 rings (SSSR count). The van der Waals surface area contributed by atoms with Crippen molar-refractivity contribution in [2.24, 2.45) is 5.92 Å². The van der Waals surface area contributed by atoms with Gasteiger partial charge < -0.3 is 19.1 Å². The van der Waals surface area contributed by atoms with Crippen LogP contribution in [0.15, 0.2) is 59.8 Å². The molecule has 1 aromatic heterocycles. The normalized spacial score (nSPS) is 17.4. The Kier molecular flexibility index (Phi) is 11.2. The zero-order chi connectivity index (χ0) is 33.9. The van der Waals surface area contributed by atoms with E-state index in [-0.39, 0.29) is 56.0 Å². The van der Waals surface area contributed by atoms with Gasteiger partial charge in [-0.3, -0.25) is 14.6 Å². The van der Waals surface area contributed by atoms with Crippen molar-refractivity contribution in [2.45, 2.75) is 42.9 Å². The van der Waals surface area contributed by atoms with Gasteiger partial charge in [0.15, 0.2) is 11.5 Å². The summed E-state index contributed by atoms with van der Waals surface area (Å²) < 4.78 is 71.5. The van der Waals surface area contributed by atoms with Crippen molar-refractivity contribution in [3.05, 3.63) is 81.6 Å². The first-order valence-electron chi connectivity index (χ1n) is 14.5. The van der Waals surface area contributed by atoms with Gasteiger partial charge in [0.2, 0.25) is 10.0 Å². The lowest BCUT2D eigenvalue weighted by Crippen LogP contribution is -2.43. The highest BCUT2D eigenvalue weighted by Gasteiger charge is 2.42. The molecule has 1 saturated heterocycles. The quantitative estimate of drug-likeness (QED) is 0.193. The van der Waals surface area contributed by atoms with Crippen LogP contribution >= 0.6 is 35.0 Å². The lowest BCUT2D eigenvalue weighted by molar-refractivity contribution is -0.152. The van der Waals surface area contributed by atoms with Crippen molar-refractivity contribution in [3.8, 4) is 11.5 Å². The Balaban J connectivity index is 1.46. The van der Waals surface area contributed by atoms with E-state index in [4.69, 9.17) is 32.7 Å².